The second-order valence-electron chi connectivity index (χ2n) is 5.70. The van der Waals surface area contributed by atoms with Crippen molar-refractivity contribution in [3.63, 3.8) is 0 Å². The van der Waals surface area contributed by atoms with E-state index in [1.807, 2.05) is 0 Å². The molecule has 1 aliphatic rings. The summed E-state index contributed by atoms with van der Waals surface area (Å²) in [6, 6.07) is 4.63. The van der Waals surface area contributed by atoms with Gasteiger partial charge in [0.05, 0.1) is 0 Å². The highest BCUT2D eigenvalue weighted by molar-refractivity contribution is 5.43. The highest BCUT2D eigenvalue weighted by Gasteiger charge is 2.36. The van der Waals surface area contributed by atoms with Gasteiger partial charge in [-0.1, -0.05) is 17.7 Å². The van der Waals surface area contributed by atoms with Crippen molar-refractivity contribution in [1.29, 1.82) is 0 Å². The van der Waals surface area contributed by atoms with Gasteiger partial charge in [0.1, 0.15) is 0 Å². The summed E-state index contributed by atoms with van der Waals surface area (Å²) in [5, 5.41) is 3.39. The van der Waals surface area contributed by atoms with Gasteiger partial charge in [0, 0.05) is 25.2 Å². The van der Waals surface area contributed by atoms with Crippen LogP contribution in [-0.4, -0.2) is 26.8 Å². The summed E-state index contributed by atoms with van der Waals surface area (Å²) < 4.78 is 5.57. The number of hydrogen-bond donors (Lipinski definition) is 1. The molecule has 0 spiro atoms. The Kier molecular flexibility index (Phi) is 4.08. The Morgan fingerprint density at radius 2 is 1.67 bits per heavy atom. The molecule has 18 heavy (non-hydrogen) atoms. The van der Waals surface area contributed by atoms with Gasteiger partial charge in [-0.3, -0.25) is 0 Å². The van der Waals surface area contributed by atoms with Crippen LogP contribution in [0.3, 0.4) is 0 Å². The van der Waals surface area contributed by atoms with Crippen LogP contribution >= 0.6 is 0 Å². The maximum atomic E-state index is 5.57. The van der Waals surface area contributed by atoms with Gasteiger partial charge in [0.25, 0.3) is 0 Å². The Bertz CT molecular complexity index is 391. The van der Waals surface area contributed by atoms with Crippen LogP contribution in [-0.2, 0) is 10.2 Å². The van der Waals surface area contributed by atoms with Crippen LogP contribution in [0.5, 0.6) is 0 Å². The summed E-state index contributed by atoms with van der Waals surface area (Å²) in [6.07, 6.45) is 2.25. The molecule has 0 aromatic heterocycles. The van der Waals surface area contributed by atoms with Crippen LogP contribution in [0, 0.1) is 20.8 Å². The molecular formula is C16H25NO. The van der Waals surface area contributed by atoms with E-state index in [-0.39, 0.29) is 5.41 Å². The lowest BCUT2D eigenvalue weighted by molar-refractivity contribution is 0.0501. The van der Waals surface area contributed by atoms with Crippen LogP contribution in [0.15, 0.2) is 12.1 Å². The second-order valence-corrected chi connectivity index (χ2v) is 5.70. The molecule has 0 bridgehead atoms. The van der Waals surface area contributed by atoms with Gasteiger partial charge in [-0.2, -0.15) is 0 Å². The molecule has 2 nitrogen and oxygen atoms in total. The Morgan fingerprint density at radius 1 is 1.11 bits per heavy atom. The van der Waals surface area contributed by atoms with E-state index in [2.05, 4.69) is 45.3 Å². The first-order valence-electron chi connectivity index (χ1n) is 6.90. The number of ether oxygens (including phenoxy) is 1. The largest absolute Gasteiger partial charge is 0.381 e. The fraction of sp³-hybridized carbons (Fsp3) is 0.625. The zero-order valence-corrected chi connectivity index (χ0v) is 12.1. The third-order valence-corrected chi connectivity index (χ3v) is 4.17. The summed E-state index contributed by atoms with van der Waals surface area (Å²) >= 11 is 0. The third-order valence-electron chi connectivity index (χ3n) is 4.17. The fourth-order valence-corrected chi connectivity index (χ4v) is 3.63. The molecule has 0 atom stereocenters. The number of aryl methyl sites for hydroxylation is 3. The van der Waals surface area contributed by atoms with Gasteiger partial charge in [-0.15, -0.1) is 0 Å². The lowest BCUT2D eigenvalue weighted by Gasteiger charge is -2.40. The fourth-order valence-electron chi connectivity index (χ4n) is 3.63. The predicted molar refractivity (Wildman–Crippen MR) is 76.3 cm³/mol. The number of rotatable bonds is 3. The predicted octanol–water partition coefficient (Wildman–Crippen LogP) is 2.88. The highest BCUT2D eigenvalue weighted by atomic mass is 16.5. The van der Waals surface area contributed by atoms with Crippen molar-refractivity contribution in [2.45, 2.75) is 39.0 Å². The van der Waals surface area contributed by atoms with Gasteiger partial charge < -0.3 is 10.1 Å². The smallest absolute Gasteiger partial charge is 0.0475 e. The van der Waals surface area contributed by atoms with Crippen molar-refractivity contribution in [3.05, 3.63) is 34.4 Å². The molecule has 1 heterocycles. The molecule has 1 aromatic carbocycles. The Balaban J connectivity index is 2.48. The average molecular weight is 247 g/mol. The number of likely N-dealkylation sites (N-methyl/N-ethyl adjacent to an activating group) is 1. The molecule has 1 aliphatic heterocycles. The summed E-state index contributed by atoms with van der Waals surface area (Å²) in [5.41, 5.74) is 6.04. The number of benzene rings is 1. The molecule has 0 saturated carbocycles. The summed E-state index contributed by atoms with van der Waals surface area (Å²) in [6.45, 7) is 9.49. The van der Waals surface area contributed by atoms with Crippen LogP contribution in [0.25, 0.3) is 0 Å². The molecule has 1 saturated heterocycles. The van der Waals surface area contributed by atoms with Crippen LogP contribution in [0.1, 0.15) is 35.1 Å². The number of hydrogen-bond acceptors (Lipinski definition) is 2. The first kappa shape index (κ1) is 13.6. The molecule has 0 radical (unpaired) electrons. The first-order valence-corrected chi connectivity index (χ1v) is 6.90. The lowest BCUT2D eigenvalue weighted by atomic mass is 9.70. The highest BCUT2D eigenvalue weighted by Crippen LogP contribution is 2.38. The monoisotopic (exact) mass is 247 g/mol. The van der Waals surface area contributed by atoms with Crippen molar-refractivity contribution in [1.82, 2.24) is 5.32 Å². The van der Waals surface area contributed by atoms with Crippen molar-refractivity contribution in [2.24, 2.45) is 0 Å². The van der Waals surface area contributed by atoms with E-state index in [1.165, 1.54) is 16.7 Å². The SMILES string of the molecule is CNCC1(c2c(C)cc(C)cc2C)CCOCC1. The van der Waals surface area contributed by atoms with Crippen molar-refractivity contribution >= 4 is 0 Å². The van der Waals surface area contributed by atoms with Gasteiger partial charge in [0.2, 0.25) is 0 Å². The normalized spacial score (nSPS) is 18.9. The minimum Gasteiger partial charge on any atom is -0.381 e. The number of nitrogens with one attached hydrogen (secondary N) is 1. The topological polar surface area (TPSA) is 21.3 Å². The summed E-state index contributed by atoms with van der Waals surface area (Å²) in [4.78, 5) is 0. The van der Waals surface area contributed by atoms with E-state index in [1.54, 1.807) is 5.56 Å². The quantitative estimate of drug-likeness (QED) is 0.887. The van der Waals surface area contributed by atoms with Crippen molar-refractivity contribution in [2.75, 3.05) is 26.8 Å². The molecule has 0 unspecified atom stereocenters. The minimum atomic E-state index is 0.259. The lowest BCUT2D eigenvalue weighted by Crippen LogP contribution is -2.42. The van der Waals surface area contributed by atoms with Crippen LogP contribution < -0.4 is 5.32 Å². The minimum absolute atomic E-state index is 0.259. The maximum Gasteiger partial charge on any atom is 0.0475 e. The molecule has 0 aliphatic carbocycles. The second kappa shape index (κ2) is 5.41. The van der Waals surface area contributed by atoms with Crippen molar-refractivity contribution < 1.29 is 4.74 Å². The average Bonchev–Trinajstić information content (AvgIpc) is 2.28. The van der Waals surface area contributed by atoms with E-state index in [9.17, 15) is 0 Å². The molecule has 2 rings (SSSR count). The Hall–Kier alpha value is -0.860. The van der Waals surface area contributed by atoms with Crippen LogP contribution in [0.2, 0.25) is 0 Å². The zero-order valence-electron chi connectivity index (χ0n) is 12.1. The Morgan fingerprint density at radius 3 is 2.17 bits per heavy atom. The van der Waals surface area contributed by atoms with Gasteiger partial charge in [-0.05, 0) is 57.4 Å². The van der Waals surface area contributed by atoms with Crippen LogP contribution in [0.4, 0.5) is 0 Å². The Labute approximate surface area is 111 Å². The molecule has 0 amide bonds. The molecule has 100 valence electrons. The van der Waals surface area contributed by atoms with Crippen molar-refractivity contribution in [3.8, 4) is 0 Å². The maximum absolute atomic E-state index is 5.57. The van der Waals surface area contributed by atoms with E-state index < -0.39 is 0 Å². The molecule has 1 aromatic rings. The van der Waals surface area contributed by atoms with Gasteiger partial charge in [-0.25, -0.2) is 0 Å². The zero-order chi connectivity index (χ0) is 13.2. The van der Waals surface area contributed by atoms with E-state index in [0.29, 0.717) is 0 Å². The summed E-state index contributed by atoms with van der Waals surface area (Å²) in [5.74, 6) is 0. The van der Waals surface area contributed by atoms with Gasteiger partial charge in [0.15, 0.2) is 0 Å². The van der Waals surface area contributed by atoms with Gasteiger partial charge >= 0.3 is 0 Å². The van der Waals surface area contributed by atoms with E-state index in [0.717, 1.165) is 32.6 Å². The third kappa shape index (κ3) is 2.45. The van der Waals surface area contributed by atoms with E-state index >= 15 is 0 Å². The molecular weight excluding hydrogens is 222 g/mol. The first-order chi connectivity index (χ1) is 8.59. The molecule has 2 heteroatoms. The summed E-state index contributed by atoms with van der Waals surface area (Å²) in [7, 11) is 2.05. The van der Waals surface area contributed by atoms with E-state index in [4.69, 9.17) is 4.74 Å². The molecule has 1 N–H and O–H groups in total. The standard InChI is InChI=1S/C16H25NO/c1-12-9-13(2)15(14(3)10-12)16(11-17-4)5-7-18-8-6-16/h9-10,17H,5-8,11H2,1-4H3. The molecule has 1 fully saturated rings.